The molecular weight excluding hydrogens is 226 g/mol. The van der Waals surface area contributed by atoms with Crippen LogP contribution in [0.1, 0.15) is 11.3 Å². The Morgan fingerprint density at radius 3 is 2.89 bits per heavy atom. The van der Waals surface area contributed by atoms with Crippen molar-refractivity contribution in [3.8, 4) is 5.75 Å². The summed E-state index contributed by atoms with van der Waals surface area (Å²) in [5.74, 6) is 0.678. The van der Waals surface area contributed by atoms with Gasteiger partial charge in [0, 0.05) is 18.0 Å². The van der Waals surface area contributed by atoms with Crippen molar-refractivity contribution in [3.63, 3.8) is 0 Å². The van der Waals surface area contributed by atoms with E-state index >= 15 is 0 Å². The van der Waals surface area contributed by atoms with Crippen LogP contribution in [-0.4, -0.2) is 12.1 Å². The molecule has 0 spiro atoms. The lowest BCUT2D eigenvalue weighted by Gasteiger charge is -2.10. The lowest BCUT2D eigenvalue weighted by molar-refractivity contribution is 0.417. The molecule has 4 heteroatoms. The zero-order valence-electron chi connectivity index (χ0n) is 10.6. The SMILES string of the molecule is COc1cc(NCc2ncccc2C)ccc1N. The minimum Gasteiger partial charge on any atom is -0.495 e. The zero-order valence-corrected chi connectivity index (χ0v) is 10.6. The van der Waals surface area contributed by atoms with E-state index in [9.17, 15) is 0 Å². The van der Waals surface area contributed by atoms with Crippen LogP contribution in [-0.2, 0) is 6.54 Å². The quantitative estimate of drug-likeness (QED) is 0.810. The van der Waals surface area contributed by atoms with Crippen molar-refractivity contribution in [2.24, 2.45) is 0 Å². The van der Waals surface area contributed by atoms with Crippen LogP contribution in [0.5, 0.6) is 5.75 Å². The Bertz CT molecular complexity index is 540. The van der Waals surface area contributed by atoms with Crippen LogP contribution in [0.3, 0.4) is 0 Å². The van der Waals surface area contributed by atoms with Crippen molar-refractivity contribution in [2.45, 2.75) is 13.5 Å². The molecule has 1 aromatic carbocycles. The number of nitrogens with zero attached hydrogens (tertiary/aromatic N) is 1. The van der Waals surface area contributed by atoms with Crippen molar-refractivity contribution < 1.29 is 4.74 Å². The largest absolute Gasteiger partial charge is 0.495 e. The number of hydrogen-bond donors (Lipinski definition) is 2. The molecule has 0 unspecified atom stereocenters. The molecule has 1 heterocycles. The van der Waals surface area contributed by atoms with E-state index in [1.54, 1.807) is 13.3 Å². The molecule has 0 saturated heterocycles. The normalized spacial score (nSPS) is 10.1. The number of pyridine rings is 1. The van der Waals surface area contributed by atoms with Gasteiger partial charge in [0.1, 0.15) is 5.75 Å². The molecule has 4 nitrogen and oxygen atoms in total. The Morgan fingerprint density at radius 1 is 1.33 bits per heavy atom. The third-order valence-electron chi connectivity index (χ3n) is 2.81. The van der Waals surface area contributed by atoms with Gasteiger partial charge >= 0.3 is 0 Å². The van der Waals surface area contributed by atoms with Crippen molar-refractivity contribution in [2.75, 3.05) is 18.2 Å². The lowest BCUT2D eigenvalue weighted by Crippen LogP contribution is -2.04. The minimum absolute atomic E-state index is 0.636. The molecule has 0 radical (unpaired) electrons. The van der Waals surface area contributed by atoms with Gasteiger partial charge in [-0.2, -0.15) is 0 Å². The highest BCUT2D eigenvalue weighted by molar-refractivity contribution is 5.61. The van der Waals surface area contributed by atoms with Crippen LogP contribution < -0.4 is 15.8 Å². The number of anilines is 2. The summed E-state index contributed by atoms with van der Waals surface area (Å²) in [6, 6.07) is 9.62. The number of nitrogen functional groups attached to an aromatic ring is 1. The van der Waals surface area contributed by atoms with Gasteiger partial charge in [-0.3, -0.25) is 4.98 Å². The molecule has 3 N–H and O–H groups in total. The molecule has 0 amide bonds. The number of methoxy groups -OCH3 is 1. The molecule has 0 atom stereocenters. The molecule has 1 aromatic heterocycles. The summed E-state index contributed by atoms with van der Waals surface area (Å²) in [6.07, 6.45) is 1.80. The Labute approximate surface area is 107 Å². The Kier molecular flexibility index (Phi) is 3.67. The summed E-state index contributed by atoms with van der Waals surface area (Å²) in [5, 5.41) is 3.31. The summed E-state index contributed by atoms with van der Waals surface area (Å²) in [4.78, 5) is 4.34. The smallest absolute Gasteiger partial charge is 0.143 e. The van der Waals surface area contributed by atoms with Gasteiger partial charge in [0.25, 0.3) is 0 Å². The highest BCUT2D eigenvalue weighted by atomic mass is 16.5. The van der Waals surface area contributed by atoms with Crippen LogP contribution in [0.15, 0.2) is 36.5 Å². The van der Waals surface area contributed by atoms with Gasteiger partial charge in [0.2, 0.25) is 0 Å². The first-order valence-corrected chi connectivity index (χ1v) is 5.78. The maximum Gasteiger partial charge on any atom is 0.143 e. The first kappa shape index (κ1) is 12.2. The van der Waals surface area contributed by atoms with E-state index in [2.05, 4.69) is 10.3 Å². The predicted molar refractivity (Wildman–Crippen MR) is 73.7 cm³/mol. The number of ether oxygens (including phenoxy) is 1. The number of aryl methyl sites for hydroxylation is 1. The number of nitrogens with one attached hydrogen (secondary N) is 1. The van der Waals surface area contributed by atoms with Crippen molar-refractivity contribution >= 4 is 11.4 Å². The predicted octanol–water partition coefficient (Wildman–Crippen LogP) is 2.59. The summed E-state index contributed by atoms with van der Waals surface area (Å²) < 4.78 is 5.18. The van der Waals surface area contributed by atoms with Gasteiger partial charge in [0.05, 0.1) is 25.0 Å². The molecule has 0 saturated carbocycles. The minimum atomic E-state index is 0.636. The van der Waals surface area contributed by atoms with Gasteiger partial charge < -0.3 is 15.8 Å². The fourth-order valence-electron chi connectivity index (χ4n) is 1.71. The average Bonchev–Trinajstić information content (AvgIpc) is 2.39. The summed E-state index contributed by atoms with van der Waals surface area (Å²) in [6.45, 7) is 2.73. The van der Waals surface area contributed by atoms with E-state index in [-0.39, 0.29) is 0 Å². The molecule has 2 rings (SSSR count). The van der Waals surface area contributed by atoms with E-state index < -0.39 is 0 Å². The first-order chi connectivity index (χ1) is 8.70. The third kappa shape index (κ3) is 2.71. The van der Waals surface area contributed by atoms with E-state index in [1.807, 2.05) is 37.3 Å². The first-order valence-electron chi connectivity index (χ1n) is 5.78. The molecular formula is C14H17N3O. The molecule has 0 aliphatic heterocycles. The maximum atomic E-state index is 5.77. The number of benzene rings is 1. The van der Waals surface area contributed by atoms with Crippen molar-refractivity contribution in [1.82, 2.24) is 4.98 Å². The van der Waals surface area contributed by atoms with Gasteiger partial charge in [0.15, 0.2) is 0 Å². The molecule has 2 aromatic rings. The van der Waals surface area contributed by atoms with Crippen molar-refractivity contribution in [3.05, 3.63) is 47.8 Å². The average molecular weight is 243 g/mol. The summed E-state index contributed by atoms with van der Waals surface area (Å²) in [7, 11) is 1.61. The third-order valence-corrected chi connectivity index (χ3v) is 2.81. The molecule has 18 heavy (non-hydrogen) atoms. The molecule has 0 fully saturated rings. The Morgan fingerprint density at radius 2 is 2.17 bits per heavy atom. The second-order valence-corrected chi connectivity index (χ2v) is 4.08. The fourth-order valence-corrected chi connectivity index (χ4v) is 1.71. The van der Waals surface area contributed by atoms with Crippen LogP contribution in [0.4, 0.5) is 11.4 Å². The Balaban J connectivity index is 2.09. The van der Waals surface area contributed by atoms with E-state index in [0.717, 1.165) is 11.4 Å². The fraction of sp³-hybridized carbons (Fsp3) is 0.214. The molecule has 0 aliphatic rings. The number of rotatable bonds is 4. The monoisotopic (exact) mass is 243 g/mol. The van der Waals surface area contributed by atoms with Crippen LogP contribution >= 0.6 is 0 Å². The number of nitrogens with two attached hydrogens (primary N) is 1. The second kappa shape index (κ2) is 5.40. The lowest BCUT2D eigenvalue weighted by atomic mass is 10.2. The van der Waals surface area contributed by atoms with Crippen LogP contribution in [0.2, 0.25) is 0 Å². The van der Waals surface area contributed by atoms with Gasteiger partial charge in [-0.25, -0.2) is 0 Å². The number of hydrogen-bond acceptors (Lipinski definition) is 4. The van der Waals surface area contributed by atoms with E-state index in [1.165, 1.54) is 5.56 Å². The van der Waals surface area contributed by atoms with Gasteiger partial charge in [-0.05, 0) is 30.7 Å². The van der Waals surface area contributed by atoms with E-state index in [4.69, 9.17) is 10.5 Å². The second-order valence-electron chi connectivity index (χ2n) is 4.08. The van der Waals surface area contributed by atoms with Gasteiger partial charge in [-0.15, -0.1) is 0 Å². The van der Waals surface area contributed by atoms with Crippen molar-refractivity contribution in [1.29, 1.82) is 0 Å². The highest BCUT2D eigenvalue weighted by Crippen LogP contribution is 2.25. The summed E-state index contributed by atoms with van der Waals surface area (Å²) >= 11 is 0. The van der Waals surface area contributed by atoms with Crippen LogP contribution in [0.25, 0.3) is 0 Å². The molecule has 0 bridgehead atoms. The van der Waals surface area contributed by atoms with Gasteiger partial charge in [-0.1, -0.05) is 6.07 Å². The molecule has 0 aliphatic carbocycles. The number of aromatic nitrogens is 1. The molecule has 94 valence electrons. The standard InChI is InChI=1S/C14H17N3O/c1-10-4-3-7-16-13(10)9-17-11-5-6-12(15)14(8-11)18-2/h3-8,17H,9,15H2,1-2H3. The zero-order chi connectivity index (χ0) is 13.0. The van der Waals surface area contributed by atoms with E-state index in [0.29, 0.717) is 18.0 Å². The van der Waals surface area contributed by atoms with Crippen LogP contribution in [0, 0.1) is 6.92 Å². The highest BCUT2D eigenvalue weighted by Gasteiger charge is 2.02. The topological polar surface area (TPSA) is 60.2 Å². The summed E-state index contributed by atoms with van der Waals surface area (Å²) in [5.41, 5.74) is 9.58. The maximum absolute atomic E-state index is 5.77. The Hall–Kier alpha value is -2.23.